The number of nitriles is 1. The Morgan fingerprint density at radius 2 is 1.89 bits per heavy atom. The first-order valence-corrected chi connectivity index (χ1v) is 7.94. The highest BCUT2D eigenvalue weighted by Crippen LogP contribution is 2.29. The van der Waals surface area contributed by atoms with Crippen molar-refractivity contribution in [1.29, 1.82) is 5.26 Å². The molecule has 27 heavy (non-hydrogen) atoms. The number of ether oxygens (including phenoxy) is 3. The summed E-state index contributed by atoms with van der Waals surface area (Å²) >= 11 is 0. The lowest BCUT2D eigenvalue weighted by molar-refractivity contribution is -0.137. The molecule has 1 N–H and O–H groups in total. The van der Waals surface area contributed by atoms with E-state index < -0.39 is 11.9 Å². The number of phenols is 1. The third kappa shape index (κ3) is 5.90. The van der Waals surface area contributed by atoms with E-state index in [2.05, 4.69) is 0 Å². The summed E-state index contributed by atoms with van der Waals surface area (Å²) in [6.07, 6.45) is 2.88. The van der Waals surface area contributed by atoms with E-state index in [0.29, 0.717) is 11.3 Å². The fourth-order valence-electron chi connectivity index (χ4n) is 2.04. The van der Waals surface area contributed by atoms with Gasteiger partial charge in [-0.1, -0.05) is 6.07 Å². The molecule has 0 saturated heterocycles. The number of carbonyl (C=O) groups excluding carboxylic acids is 2. The maximum Gasteiger partial charge on any atom is 0.343 e. The van der Waals surface area contributed by atoms with Crippen LogP contribution in [0.2, 0.25) is 0 Å². The fourth-order valence-corrected chi connectivity index (χ4v) is 2.04. The number of methoxy groups -OCH3 is 1. The van der Waals surface area contributed by atoms with Gasteiger partial charge in [-0.15, -0.1) is 0 Å². The smallest absolute Gasteiger partial charge is 0.343 e. The lowest BCUT2D eigenvalue weighted by atomic mass is 10.2. The van der Waals surface area contributed by atoms with Crippen LogP contribution in [0.1, 0.15) is 22.3 Å². The number of phenolic OH excluding ortho intramolecular Hbond substituents is 1. The Morgan fingerprint density at radius 3 is 2.56 bits per heavy atom. The Morgan fingerprint density at radius 1 is 1.15 bits per heavy atom. The number of aromatic hydroxyl groups is 1. The molecule has 0 radical (unpaired) electrons. The molecule has 0 bridgehead atoms. The summed E-state index contributed by atoms with van der Waals surface area (Å²) in [7, 11) is 1.43. The van der Waals surface area contributed by atoms with Gasteiger partial charge in [0.25, 0.3) is 0 Å². The van der Waals surface area contributed by atoms with Gasteiger partial charge in [-0.25, -0.2) is 9.59 Å². The van der Waals surface area contributed by atoms with Crippen molar-refractivity contribution in [3.05, 3.63) is 59.7 Å². The number of hydrogen-bond donors (Lipinski definition) is 1. The highest BCUT2D eigenvalue weighted by molar-refractivity contribution is 5.91. The second-order valence-corrected chi connectivity index (χ2v) is 5.26. The summed E-state index contributed by atoms with van der Waals surface area (Å²) in [5, 5.41) is 17.7. The van der Waals surface area contributed by atoms with Crippen molar-refractivity contribution in [3.8, 4) is 23.3 Å². The third-order valence-corrected chi connectivity index (χ3v) is 3.36. The average Bonchev–Trinajstić information content (AvgIpc) is 2.67. The summed E-state index contributed by atoms with van der Waals surface area (Å²) in [6, 6.07) is 12.3. The largest absolute Gasteiger partial charge is 0.508 e. The Labute approximate surface area is 156 Å². The topological polar surface area (TPSA) is 106 Å². The Hall–Kier alpha value is -3.79. The fraction of sp³-hybridized carbons (Fsp3) is 0.150. The minimum Gasteiger partial charge on any atom is -0.508 e. The van der Waals surface area contributed by atoms with Crippen molar-refractivity contribution >= 4 is 18.0 Å². The van der Waals surface area contributed by atoms with E-state index in [1.807, 2.05) is 6.07 Å². The second-order valence-electron chi connectivity index (χ2n) is 5.26. The average molecular weight is 367 g/mol. The molecule has 0 aromatic heterocycles. The van der Waals surface area contributed by atoms with Gasteiger partial charge in [0.05, 0.1) is 25.2 Å². The number of carbonyl (C=O) groups is 2. The van der Waals surface area contributed by atoms with E-state index in [9.17, 15) is 14.7 Å². The zero-order valence-corrected chi connectivity index (χ0v) is 14.5. The molecule has 0 atom stereocenters. The van der Waals surface area contributed by atoms with Gasteiger partial charge >= 0.3 is 11.9 Å². The maximum absolute atomic E-state index is 12.2. The predicted molar refractivity (Wildman–Crippen MR) is 96.3 cm³/mol. The van der Waals surface area contributed by atoms with Gasteiger partial charge < -0.3 is 19.3 Å². The van der Waals surface area contributed by atoms with Crippen molar-refractivity contribution in [3.63, 3.8) is 0 Å². The van der Waals surface area contributed by atoms with E-state index in [0.717, 1.165) is 0 Å². The molecule has 0 spiro atoms. The first-order chi connectivity index (χ1) is 13.0. The van der Waals surface area contributed by atoms with Crippen LogP contribution in [0.3, 0.4) is 0 Å². The summed E-state index contributed by atoms with van der Waals surface area (Å²) in [4.78, 5) is 23.7. The van der Waals surface area contributed by atoms with Gasteiger partial charge in [0, 0.05) is 6.08 Å². The predicted octanol–water partition coefficient (Wildman–Crippen LogP) is 3.09. The monoisotopic (exact) mass is 367 g/mol. The summed E-state index contributed by atoms with van der Waals surface area (Å²) in [5.41, 5.74) is 0.910. The Kier molecular flexibility index (Phi) is 6.97. The lowest BCUT2D eigenvalue weighted by Crippen LogP contribution is -2.09. The van der Waals surface area contributed by atoms with E-state index >= 15 is 0 Å². The van der Waals surface area contributed by atoms with Crippen LogP contribution < -0.4 is 9.47 Å². The molecule has 2 aromatic carbocycles. The highest BCUT2D eigenvalue weighted by Gasteiger charge is 2.13. The van der Waals surface area contributed by atoms with Crippen LogP contribution in [0.5, 0.6) is 17.2 Å². The van der Waals surface area contributed by atoms with Crippen LogP contribution in [0, 0.1) is 11.3 Å². The molecule has 0 amide bonds. The van der Waals surface area contributed by atoms with Crippen molar-refractivity contribution in [2.24, 2.45) is 0 Å². The molecule has 0 fully saturated rings. The molecule has 0 aliphatic heterocycles. The van der Waals surface area contributed by atoms with Crippen molar-refractivity contribution in [1.82, 2.24) is 0 Å². The molecule has 0 saturated carbocycles. The highest BCUT2D eigenvalue weighted by atomic mass is 16.6. The number of nitrogens with zero attached hydrogens (tertiary/aromatic N) is 1. The summed E-state index contributed by atoms with van der Waals surface area (Å²) in [6.45, 7) is 0.0368. The molecular weight excluding hydrogens is 350 g/mol. The van der Waals surface area contributed by atoms with Crippen molar-refractivity contribution in [2.45, 2.75) is 6.42 Å². The molecule has 0 aliphatic rings. The molecule has 7 heteroatoms. The zero-order valence-electron chi connectivity index (χ0n) is 14.5. The minimum atomic E-state index is -0.599. The third-order valence-electron chi connectivity index (χ3n) is 3.36. The van der Waals surface area contributed by atoms with Gasteiger partial charge in [-0.05, 0) is 48.0 Å². The number of esters is 2. The van der Waals surface area contributed by atoms with Crippen molar-refractivity contribution < 1.29 is 28.9 Å². The van der Waals surface area contributed by atoms with Gasteiger partial charge in [0.15, 0.2) is 11.5 Å². The van der Waals surface area contributed by atoms with Crippen LogP contribution in [0.15, 0.2) is 48.5 Å². The first kappa shape index (κ1) is 19.5. The summed E-state index contributed by atoms with van der Waals surface area (Å²) < 4.78 is 15.4. The molecular formula is C20H17NO6. The molecule has 7 nitrogen and oxygen atoms in total. The van der Waals surface area contributed by atoms with Crippen LogP contribution in [0.4, 0.5) is 0 Å². The summed E-state index contributed by atoms with van der Waals surface area (Å²) in [5.74, 6) is -0.595. The number of benzene rings is 2. The van der Waals surface area contributed by atoms with Crippen LogP contribution in [0.25, 0.3) is 6.08 Å². The second kappa shape index (κ2) is 9.63. The zero-order chi connectivity index (χ0) is 19.6. The van der Waals surface area contributed by atoms with Crippen LogP contribution in [-0.2, 0) is 9.53 Å². The minimum absolute atomic E-state index is 0.0368. The Bertz CT molecular complexity index is 880. The van der Waals surface area contributed by atoms with E-state index in [4.69, 9.17) is 19.5 Å². The van der Waals surface area contributed by atoms with Crippen molar-refractivity contribution in [2.75, 3.05) is 13.7 Å². The van der Waals surface area contributed by atoms with Crippen LogP contribution >= 0.6 is 0 Å². The molecule has 138 valence electrons. The van der Waals surface area contributed by atoms with E-state index in [-0.39, 0.29) is 30.1 Å². The number of rotatable bonds is 7. The van der Waals surface area contributed by atoms with Gasteiger partial charge in [-0.3, -0.25) is 0 Å². The van der Waals surface area contributed by atoms with Gasteiger partial charge in [0.1, 0.15) is 12.4 Å². The molecule has 0 aliphatic carbocycles. The van der Waals surface area contributed by atoms with E-state index in [1.54, 1.807) is 12.1 Å². The lowest BCUT2D eigenvalue weighted by Gasteiger charge is -2.10. The normalized spacial score (nSPS) is 10.2. The van der Waals surface area contributed by atoms with Crippen LogP contribution in [-0.4, -0.2) is 30.8 Å². The maximum atomic E-state index is 12.2. The SMILES string of the molecule is COc1cc(/C=C/C(=O)OCCC#N)ccc1OC(=O)c1ccc(O)cc1. The Balaban J connectivity index is 2.07. The van der Waals surface area contributed by atoms with Gasteiger partial charge in [0.2, 0.25) is 0 Å². The van der Waals surface area contributed by atoms with E-state index in [1.165, 1.54) is 49.6 Å². The number of hydrogen-bond acceptors (Lipinski definition) is 7. The molecule has 2 aromatic rings. The first-order valence-electron chi connectivity index (χ1n) is 7.94. The molecule has 0 heterocycles. The molecule has 0 unspecified atom stereocenters. The molecule has 2 rings (SSSR count). The quantitative estimate of drug-likeness (QED) is 0.347. The standard InChI is InChI=1S/C20H17NO6/c1-25-18-13-14(4-10-19(23)26-12-2-11-21)3-9-17(18)27-20(24)15-5-7-16(22)8-6-15/h3-10,13,22H,2,12H2,1H3/b10-4+. The van der Waals surface area contributed by atoms with Gasteiger partial charge in [-0.2, -0.15) is 5.26 Å².